The molecule has 27 heavy (non-hydrogen) atoms. The van der Waals surface area contributed by atoms with Crippen LogP contribution in [0.2, 0.25) is 15.1 Å². The Morgan fingerprint density at radius 1 is 1.15 bits per heavy atom. The minimum atomic E-state index is -0.590. The highest BCUT2D eigenvalue weighted by Gasteiger charge is 2.15. The fourth-order valence-electron chi connectivity index (χ4n) is 2.47. The molecule has 0 bridgehead atoms. The SMILES string of the molecule is Cc1cc(O[C@@H](C)C(=O)NCCSCc2c(Cl)cccc2Cl)cc(C)c1Cl. The number of hydrogen-bond donors (Lipinski definition) is 1. The molecule has 0 unspecified atom stereocenters. The lowest BCUT2D eigenvalue weighted by molar-refractivity contribution is -0.127. The van der Waals surface area contributed by atoms with Gasteiger partial charge in [0.1, 0.15) is 5.75 Å². The fraction of sp³-hybridized carbons (Fsp3) is 0.350. The summed E-state index contributed by atoms with van der Waals surface area (Å²) in [6, 6.07) is 9.14. The van der Waals surface area contributed by atoms with E-state index in [-0.39, 0.29) is 5.91 Å². The largest absolute Gasteiger partial charge is 0.481 e. The molecular formula is C20H22Cl3NO2S. The number of carbonyl (C=O) groups excluding carboxylic acids is 1. The van der Waals surface area contributed by atoms with Crippen molar-refractivity contribution in [1.29, 1.82) is 0 Å². The van der Waals surface area contributed by atoms with E-state index in [9.17, 15) is 4.79 Å². The second kappa shape index (κ2) is 10.5. The quantitative estimate of drug-likeness (QED) is 0.499. The first-order valence-corrected chi connectivity index (χ1v) is 10.8. The average molecular weight is 447 g/mol. The second-order valence-electron chi connectivity index (χ2n) is 6.17. The Morgan fingerprint density at radius 2 is 1.74 bits per heavy atom. The molecule has 0 spiro atoms. The van der Waals surface area contributed by atoms with Crippen LogP contribution in [0.15, 0.2) is 30.3 Å². The minimum absolute atomic E-state index is 0.156. The third-order valence-electron chi connectivity index (χ3n) is 3.95. The first-order chi connectivity index (χ1) is 12.8. The number of rotatable bonds is 8. The molecule has 0 saturated heterocycles. The fourth-order valence-corrected chi connectivity index (χ4v) is 4.17. The summed E-state index contributed by atoms with van der Waals surface area (Å²) in [6.45, 7) is 6.09. The third kappa shape index (κ3) is 6.49. The van der Waals surface area contributed by atoms with Crippen LogP contribution in [0, 0.1) is 13.8 Å². The molecule has 0 aliphatic carbocycles. The van der Waals surface area contributed by atoms with Gasteiger partial charge in [-0.1, -0.05) is 40.9 Å². The molecular weight excluding hydrogens is 425 g/mol. The molecule has 0 saturated carbocycles. The molecule has 0 aliphatic heterocycles. The summed E-state index contributed by atoms with van der Waals surface area (Å²) in [5.41, 5.74) is 2.77. The summed E-state index contributed by atoms with van der Waals surface area (Å²) < 4.78 is 5.74. The molecule has 2 aromatic carbocycles. The Kier molecular flexibility index (Phi) is 8.62. The lowest BCUT2D eigenvalue weighted by Crippen LogP contribution is -2.37. The summed E-state index contributed by atoms with van der Waals surface area (Å²) in [4.78, 5) is 12.2. The highest BCUT2D eigenvalue weighted by atomic mass is 35.5. The van der Waals surface area contributed by atoms with Gasteiger partial charge in [-0.05, 0) is 61.7 Å². The van der Waals surface area contributed by atoms with E-state index in [1.54, 1.807) is 18.7 Å². The number of hydrogen-bond acceptors (Lipinski definition) is 3. The van der Waals surface area contributed by atoms with Gasteiger partial charge < -0.3 is 10.1 Å². The predicted molar refractivity (Wildman–Crippen MR) is 117 cm³/mol. The Balaban J connectivity index is 1.75. The monoisotopic (exact) mass is 445 g/mol. The predicted octanol–water partition coefficient (Wildman–Crippen LogP) is 6.08. The highest BCUT2D eigenvalue weighted by molar-refractivity contribution is 7.98. The molecule has 7 heteroatoms. The second-order valence-corrected chi connectivity index (χ2v) is 8.47. The Morgan fingerprint density at radius 3 is 2.33 bits per heavy atom. The van der Waals surface area contributed by atoms with Crippen molar-refractivity contribution < 1.29 is 9.53 Å². The number of halogens is 3. The van der Waals surface area contributed by atoms with Crippen LogP contribution in [-0.4, -0.2) is 24.3 Å². The van der Waals surface area contributed by atoms with Crippen LogP contribution in [0.3, 0.4) is 0 Å². The van der Waals surface area contributed by atoms with Crippen molar-refractivity contribution in [2.24, 2.45) is 0 Å². The molecule has 0 aliphatic rings. The highest BCUT2D eigenvalue weighted by Crippen LogP contribution is 2.28. The van der Waals surface area contributed by atoms with E-state index < -0.39 is 6.10 Å². The normalized spacial score (nSPS) is 11.9. The molecule has 3 nitrogen and oxygen atoms in total. The first kappa shape index (κ1) is 22.2. The van der Waals surface area contributed by atoms with Crippen molar-refractivity contribution in [3.05, 3.63) is 62.1 Å². The van der Waals surface area contributed by atoms with Crippen LogP contribution in [0.25, 0.3) is 0 Å². The number of carbonyl (C=O) groups is 1. The molecule has 0 heterocycles. The van der Waals surface area contributed by atoms with Crippen LogP contribution in [0.1, 0.15) is 23.6 Å². The van der Waals surface area contributed by atoms with Gasteiger partial charge in [-0.15, -0.1) is 0 Å². The molecule has 1 amide bonds. The van der Waals surface area contributed by atoms with E-state index in [4.69, 9.17) is 39.5 Å². The van der Waals surface area contributed by atoms with Crippen molar-refractivity contribution in [3.63, 3.8) is 0 Å². The number of aryl methyl sites for hydroxylation is 2. The molecule has 0 fully saturated rings. The van der Waals surface area contributed by atoms with E-state index in [0.717, 1.165) is 27.5 Å². The van der Waals surface area contributed by atoms with Crippen LogP contribution in [0.5, 0.6) is 5.75 Å². The van der Waals surface area contributed by atoms with Crippen molar-refractivity contribution in [3.8, 4) is 5.75 Å². The number of benzene rings is 2. The standard InChI is InChI=1S/C20H22Cl3NO2S/c1-12-9-15(10-13(2)19(12)23)26-14(3)20(25)24-7-8-27-11-16-17(21)5-4-6-18(16)22/h4-6,9-10,14H,7-8,11H2,1-3H3,(H,24,25)/t14-/m0/s1. The van der Waals surface area contributed by atoms with Gasteiger partial charge in [-0.25, -0.2) is 0 Å². The third-order valence-corrected chi connectivity index (χ3v) is 6.24. The van der Waals surface area contributed by atoms with E-state index in [1.165, 1.54) is 0 Å². The summed E-state index contributed by atoms with van der Waals surface area (Å²) in [6.07, 6.45) is -0.590. The van der Waals surface area contributed by atoms with Gasteiger partial charge in [0.05, 0.1) is 0 Å². The number of thioether (sulfide) groups is 1. The molecule has 0 radical (unpaired) electrons. The van der Waals surface area contributed by atoms with Gasteiger partial charge in [0.25, 0.3) is 5.91 Å². The molecule has 1 atom stereocenters. The van der Waals surface area contributed by atoms with Gasteiger partial charge >= 0.3 is 0 Å². The summed E-state index contributed by atoms with van der Waals surface area (Å²) in [5, 5.41) is 4.92. The molecule has 0 aromatic heterocycles. The zero-order valence-corrected chi connectivity index (χ0v) is 18.5. The van der Waals surface area contributed by atoms with Gasteiger partial charge in [-0.3, -0.25) is 4.79 Å². The molecule has 2 aromatic rings. The molecule has 146 valence electrons. The van der Waals surface area contributed by atoms with Crippen molar-refractivity contribution >= 4 is 52.5 Å². The van der Waals surface area contributed by atoms with Crippen molar-refractivity contribution in [2.75, 3.05) is 12.3 Å². The maximum absolute atomic E-state index is 12.2. The van der Waals surface area contributed by atoms with Crippen LogP contribution >= 0.6 is 46.6 Å². The minimum Gasteiger partial charge on any atom is -0.481 e. The summed E-state index contributed by atoms with van der Waals surface area (Å²) in [7, 11) is 0. The van der Waals surface area contributed by atoms with E-state index >= 15 is 0 Å². The lowest BCUT2D eigenvalue weighted by atomic mass is 10.1. The van der Waals surface area contributed by atoms with Gasteiger partial charge in [0.2, 0.25) is 0 Å². The Bertz CT molecular complexity index is 771. The summed E-state index contributed by atoms with van der Waals surface area (Å²) >= 11 is 20.1. The average Bonchev–Trinajstić information content (AvgIpc) is 2.61. The molecule has 2 rings (SSSR count). The van der Waals surface area contributed by atoms with Crippen molar-refractivity contribution in [1.82, 2.24) is 5.32 Å². The van der Waals surface area contributed by atoms with Crippen LogP contribution < -0.4 is 10.1 Å². The Hall–Kier alpha value is -1.07. The number of amides is 1. The Labute approximate surface area is 179 Å². The first-order valence-electron chi connectivity index (χ1n) is 8.51. The maximum atomic E-state index is 12.2. The van der Waals surface area contributed by atoms with E-state index in [1.807, 2.05) is 44.2 Å². The maximum Gasteiger partial charge on any atom is 0.260 e. The van der Waals surface area contributed by atoms with Gasteiger partial charge in [-0.2, -0.15) is 11.8 Å². The summed E-state index contributed by atoms with van der Waals surface area (Å²) in [5.74, 6) is 1.93. The molecule has 1 N–H and O–H groups in total. The smallest absolute Gasteiger partial charge is 0.260 e. The number of nitrogens with one attached hydrogen (secondary N) is 1. The number of ether oxygens (including phenoxy) is 1. The zero-order chi connectivity index (χ0) is 20.0. The van der Waals surface area contributed by atoms with E-state index in [0.29, 0.717) is 28.1 Å². The van der Waals surface area contributed by atoms with Gasteiger partial charge in [0.15, 0.2) is 6.10 Å². The van der Waals surface area contributed by atoms with Crippen LogP contribution in [-0.2, 0) is 10.5 Å². The van der Waals surface area contributed by atoms with E-state index in [2.05, 4.69) is 5.32 Å². The lowest BCUT2D eigenvalue weighted by Gasteiger charge is -2.16. The van der Waals surface area contributed by atoms with Gasteiger partial charge in [0, 0.05) is 33.1 Å². The zero-order valence-electron chi connectivity index (χ0n) is 15.4. The topological polar surface area (TPSA) is 38.3 Å². The van der Waals surface area contributed by atoms with Crippen molar-refractivity contribution in [2.45, 2.75) is 32.6 Å². The van der Waals surface area contributed by atoms with Crippen LogP contribution in [0.4, 0.5) is 0 Å².